The van der Waals surface area contributed by atoms with Crippen LogP contribution in [0.4, 0.5) is 0 Å². The van der Waals surface area contributed by atoms with E-state index in [1.165, 1.54) is 5.52 Å². The second-order valence-electron chi connectivity index (χ2n) is 3.94. The van der Waals surface area contributed by atoms with Crippen LogP contribution in [0.15, 0.2) is 24.3 Å². The van der Waals surface area contributed by atoms with E-state index in [1.807, 2.05) is 25.1 Å². The maximum Gasteiger partial charge on any atom is 0.111 e. The summed E-state index contributed by atoms with van der Waals surface area (Å²) in [5, 5.41) is 0. The van der Waals surface area contributed by atoms with Crippen molar-refractivity contribution in [1.82, 2.24) is 9.55 Å². The highest BCUT2D eigenvalue weighted by Crippen LogP contribution is 2.16. The van der Waals surface area contributed by atoms with Gasteiger partial charge in [-0.25, -0.2) is 4.98 Å². The van der Waals surface area contributed by atoms with Gasteiger partial charge < -0.3 is 10.3 Å². The number of imidazole rings is 1. The minimum absolute atomic E-state index is 0.159. The number of hydrogen-bond acceptors (Lipinski definition) is 2. The Labute approximate surface area is 89.9 Å². The fraction of sp³-hybridized carbons (Fsp3) is 0.417. The van der Waals surface area contributed by atoms with E-state index in [0.29, 0.717) is 0 Å². The van der Waals surface area contributed by atoms with E-state index in [9.17, 15) is 0 Å². The van der Waals surface area contributed by atoms with Crippen LogP contribution in [-0.4, -0.2) is 15.6 Å². The molecule has 0 amide bonds. The van der Waals surface area contributed by atoms with Crippen molar-refractivity contribution in [2.24, 2.45) is 5.73 Å². The molecule has 2 rings (SSSR count). The summed E-state index contributed by atoms with van der Waals surface area (Å²) >= 11 is 0. The van der Waals surface area contributed by atoms with Crippen molar-refractivity contribution >= 4 is 11.0 Å². The lowest BCUT2D eigenvalue weighted by molar-refractivity contribution is 0.647. The summed E-state index contributed by atoms with van der Waals surface area (Å²) in [6.45, 7) is 5.10. The number of aryl methyl sites for hydroxylation is 1. The summed E-state index contributed by atoms with van der Waals surface area (Å²) in [5.74, 6) is 1.09. The van der Waals surface area contributed by atoms with Gasteiger partial charge in [0, 0.05) is 19.0 Å². The van der Waals surface area contributed by atoms with E-state index in [4.69, 9.17) is 5.73 Å². The van der Waals surface area contributed by atoms with Crippen molar-refractivity contribution < 1.29 is 0 Å². The largest absolute Gasteiger partial charge is 0.328 e. The smallest absolute Gasteiger partial charge is 0.111 e. The molecule has 0 spiro atoms. The molecular weight excluding hydrogens is 186 g/mol. The highest BCUT2D eigenvalue weighted by atomic mass is 15.1. The van der Waals surface area contributed by atoms with Crippen LogP contribution in [-0.2, 0) is 13.0 Å². The van der Waals surface area contributed by atoms with Crippen LogP contribution < -0.4 is 5.73 Å². The maximum atomic E-state index is 5.82. The van der Waals surface area contributed by atoms with Crippen molar-refractivity contribution in [3.8, 4) is 0 Å². The molecule has 0 bridgehead atoms. The first-order valence-corrected chi connectivity index (χ1v) is 5.42. The number of nitrogens with zero attached hydrogens (tertiary/aromatic N) is 2. The van der Waals surface area contributed by atoms with E-state index in [2.05, 4.69) is 22.5 Å². The van der Waals surface area contributed by atoms with Crippen molar-refractivity contribution in [2.45, 2.75) is 32.9 Å². The van der Waals surface area contributed by atoms with E-state index >= 15 is 0 Å². The van der Waals surface area contributed by atoms with Crippen LogP contribution in [0.5, 0.6) is 0 Å². The molecule has 1 unspecified atom stereocenters. The lowest BCUT2D eigenvalue weighted by Crippen LogP contribution is -2.20. The number of hydrogen-bond donors (Lipinski definition) is 1. The number of aromatic nitrogens is 2. The Kier molecular flexibility index (Phi) is 2.73. The van der Waals surface area contributed by atoms with Crippen LogP contribution in [0.25, 0.3) is 11.0 Å². The lowest BCUT2D eigenvalue weighted by Gasteiger charge is -2.07. The Morgan fingerprint density at radius 1 is 1.40 bits per heavy atom. The van der Waals surface area contributed by atoms with Crippen molar-refractivity contribution in [3.05, 3.63) is 30.1 Å². The molecule has 2 aromatic rings. The fourth-order valence-corrected chi connectivity index (χ4v) is 1.92. The normalized spacial score (nSPS) is 13.3. The number of fused-ring (bicyclic) bond motifs is 1. The first kappa shape index (κ1) is 10.2. The van der Waals surface area contributed by atoms with E-state index in [-0.39, 0.29) is 6.04 Å². The Balaban J connectivity index is 2.54. The van der Waals surface area contributed by atoms with Gasteiger partial charge >= 0.3 is 0 Å². The number of benzene rings is 1. The van der Waals surface area contributed by atoms with E-state index in [0.717, 1.165) is 24.3 Å². The molecular formula is C12H17N3. The zero-order valence-electron chi connectivity index (χ0n) is 9.27. The Morgan fingerprint density at radius 3 is 2.80 bits per heavy atom. The van der Waals surface area contributed by atoms with Gasteiger partial charge in [0.2, 0.25) is 0 Å². The summed E-state index contributed by atoms with van der Waals surface area (Å²) in [5.41, 5.74) is 8.09. The third-order valence-corrected chi connectivity index (χ3v) is 2.55. The molecule has 0 fully saturated rings. The molecule has 80 valence electrons. The summed E-state index contributed by atoms with van der Waals surface area (Å²) in [6.07, 6.45) is 0.836. The number of para-hydroxylation sites is 2. The second kappa shape index (κ2) is 4.03. The monoisotopic (exact) mass is 203 g/mol. The van der Waals surface area contributed by atoms with E-state index < -0.39 is 0 Å². The molecule has 2 N–H and O–H groups in total. The summed E-state index contributed by atoms with van der Waals surface area (Å²) in [6, 6.07) is 8.38. The van der Waals surface area contributed by atoms with Gasteiger partial charge in [0.05, 0.1) is 11.0 Å². The quantitative estimate of drug-likeness (QED) is 0.828. The third-order valence-electron chi connectivity index (χ3n) is 2.55. The fourth-order valence-electron chi connectivity index (χ4n) is 1.92. The Bertz CT molecular complexity index is 457. The molecule has 0 aliphatic rings. The molecule has 1 heterocycles. The zero-order valence-corrected chi connectivity index (χ0v) is 9.27. The molecule has 3 nitrogen and oxygen atoms in total. The molecule has 0 aliphatic heterocycles. The summed E-state index contributed by atoms with van der Waals surface area (Å²) < 4.78 is 2.23. The highest BCUT2D eigenvalue weighted by molar-refractivity contribution is 5.75. The van der Waals surface area contributed by atoms with Crippen molar-refractivity contribution in [3.63, 3.8) is 0 Å². The SMILES string of the molecule is CCn1c(CC(C)N)nc2ccccc21. The molecule has 0 saturated heterocycles. The highest BCUT2D eigenvalue weighted by Gasteiger charge is 2.09. The summed E-state index contributed by atoms with van der Waals surface area (Å²) in [4.78, 5) is 4.61. The average Bonchev–Trinajstić information content (AvgIpc) is 2.53. The van der Waals surface area contributed by atoms with Gasteiger partial charge in [0.15, 0.2) is 0 Å². The van der Waals surface area contributed by atoms with Crippen LogP contribution in [0.3, 0.4) is 0 Å². The Hall–Kier alpha value is -1.35. The standard InChI is InChI=1S/C12H17N3/c1-3-15-11-7-5-4-6-10(11)14-12(15)8-9(2)13/h4-7,9H,3,8,13H2,1-2H3. The van der Waals surface area contributed by atoms with E-state index in [1.54, 1.807) is 0 Å². The van der Waals surface area contributed by atoms with Crippen LogP contribution in [0.2, 0.25) is 0 Å². The predicted molar refractivity (Wildman–Crippen MR) is 62.8 cm³/mol. The molecule has 1 atom stereocenters. The van der Waals surface area contributed by atoms with Gasteiger partial charge in [0.25, 0.3) is 0 Å². The molecule has 1 aromatic carbocycles. The number of rotatable bonds is 3. The van der Waals surface area contributed by atoms with Gasteiger partial charge in [-0.3, -0.25) is 0 Å². The maximum absolute atomic E-state index is 5.82. The van der Waals surface area contributed by atoms with Gasteiger partial charge in [-0.05, 0) is 26.0 Å². The van der Waals surface area contributed by atoms with Gasteiger partial charge in [-0.2, -0.15) is 0 Å². The predicted octanol–water partition coefficient (Wildman–Crippen LogP) is 1.95. The van der Waals surface area contributed by atoms with Gasteiger partial charge in [-0.1, -0.05) is 12.1 Å². The average molecular weight is 203 g/mol. The summed E-state index contributed by atoms with van der Waals surface area (Å²) in [7, 11) is 0. The molecule has 0 saturated carbocycles. The zero-order chi connectivity index (χ0) is 10.8. The first-order chi connectivity index (χ1) is 7.22. The molecule has 1 aromatic heterocycles. The lowest BCUT2D eigenvalue weighted by atomic mass is 10.2. The molecule has 0 aliphatic carbocycles. The topological polar surface area (TPSA) is 43.8 Å². The second-order valence-corrected chi connectivity index (χ2v) is 3.94. The van der Waals surface area contributed by atoms with Crippen molar-refractivity contribution in [1.29, 1.82) is 0 Å². The molecule has 0 radical (unpaired) electrons. The first-order valence-electron chi connectivity index (χ1n) is 5.42. The molecule has 15 heavy (non-hydrogen) atoms. The van der Waals surface area contributed by atoms with Gasteiger partial charge in [0.1, 0.15) is 5.82 Å². The molecule has 3 heteroatoms. The van der Waals surface area contributed by atoms with Crippen LogP contribution in [0, 0.1) is 0 Å². The van der Waals surface area contributed by atoms with Crippen LogP contribution >= 0.6 is 0 Å². The number of nitrogens with two attached hydrogens (primary N) is 1. The van der Waals surface area contributed by atoms with Gasteiger partial charge in [-0.15, -0.1) is 0 Å². The third kappa shape index (κ3) is 1.88. The van der Waals surface area contributed by atoms with Crippen molar-refractivity contribution in [2.75, 3.05) is 0 Å². The minimum Gasteiger partial charge on any atom is -0.328 e. The van der Waals surface area contributed by atoms with Crippen LogP contribution in [0.1, 0.15) is 19.7 Å². The minimum atomic E-state index is 0.159. The Morgan fingerprint density at radius 2 is 2.13 bits per heavy atom.